The molecule has 4 heteroatoms. The van der Waals surface area contributed by atoms with E-state index >= 15 is 0 Å². The summed E-state index contributed by atoms with van der Waals surface area (Å²) in [5.41, 5.74) is 1.91. The maximum atomic E-state index is 12.4. The van der Waals surface area contributed by atoms with Crippen molar-refractivity contribution >= 4 is 22.9 Å². The van der Waals surface area contributed by atoms with Gasteiger partial charge in [-0.25, -0.2) is 0 Å². The van der Waals surface area contributed by atoms with Crippen LogP contribution in [0.1, 0.15) is 18.4 Å². The summed E-state index contributed by atoms with van der Waals surface area (Å²) in [5.74, 6) is 0.0767. The molecule has 0 saturated carbocycles. The number of aromatic nitrogens is 1. The number of nitrogens with one attached hydrogen (secondary N) is 1. The lowest BCUT2D eigenvalue weighted by molar-refractivity contribution is -0.127. The Morgan fingerprint density at radius 2 is 2.23 bits per heavy atom. The molecule has 0 bridgehead atoms. The van der Waals surface area contributed by atoms with Gasteiger partial charge in [0, 0.05) is 42.4 Å². The molecular formula is C18H21N3O. The molecule has 1 unspecified atom stereocenters. The van der Waals surface area contributed by atoms with Crippen molar-refractivity contribution in [3.8, 4) is 0 Å². The second-order valence-corrected chi connectivity index (χ2v) is 5.67. The minimum absolute atomic E-state index is 0.0767. The van der Waals surface area contributed by atoms with Gasteiger partial charge in [-0.3, -0.25) is 9.78 Å². The number of piperidine rings is 1. The molecule has 1 aromatic heterocycles. The summed E-state index contributed by atoms with van der Waals surface area (Å²) in [6.07, 6.45) is 7.52. The highest BCUT2D eigenvalue weighted by Gasteiger charge is 2.20. The maximum Gasteiger partial charge on any atom is 0.246 e. The largest absolute Gasteiger partial charge is 0.338 e. The van der Waals surface area contributed by atoms with Gasteiger partial charge in [-0.2, -0.15) is 0 Å². The number of benzene rings is 1. The molecule has 1 saturated heterocycles. The summed E-state index contributed by atoms with van der Waals surface area (Å²) in [6.45, 7) is 1.63. The summed E-state index contributed by atoms with van der Waals surface area (Å²) >= 11 is 0. The normalized spacial score (nSPS) is 19.0. The molecule has 2 aromatic rings. The number of pyridine rings is 1. The van der Waals surface area contributed by atoms with E-state index in [1.807, 2.05) is 48.4 Å². The average Bonchev–Trinajstić information content (AvgIpc) is 2.59. The predicted molar refractivity (Wildman–Crippen MR) is 89.4 cm³/mol. The van der Waals surface area contributed by atoms with Crippen LogP contribution in [0.25, 0.3) is 17.0 Å². The Balaban J connectivity index is 1.76. The highest BCUT2D eigenvalue weighted by atomic mass is 16.2. The molecule has 1 amide bonds. The number of carbonyl (C=O) groups excluding carboxylic acids is 1. The van der Waals surface area contributed by atoms with Crippen molar-refractivity contribution in [1.82, 2.24) is 15.2 Å². The number of para-hydroxylation sites is 1. The van der Waals surface area contributed by atoms with Crippen LogP contribution in [-0.4, -0.2) is 42.0 Å². The van der Waals surface area contributed by atoms with Crippen molar-refractivity contribution in [3.63, 3.8) is 0 Å². The van der Waals surface area contributed by atoms with Crippen LogP contribution in [-0.2, 0) is 4.79 Å². The Morgan fingerprint density at radius 3 is 3.09 bits per heavy atom. The molecule has 0 aliphatic carbocycles. The van der Waals surface area contributed by atoms with E-state index in [-0.39, 0.29) is 5.91 Å². The quantitative estimate of drug-likeness (QED) is 0.885. The molecule has 4 nitrogen and oxygen atoms in total. The van der Waals surface area contributed by atoms with Gasteiger partial charge >= 0.3 is 0 Å². The molecule has 1 aliphatic heterocycles. The number of likely N-dealkylation sites (tertiary alicyclic amines) is 1. The zero-order valence-corrected chi connectivity index (χ0v) is 12.8. The van der Waals surface area contributed by atoms with Crippen molar-refractivity contribution in [3.05, 3.63) is 48.2 Å². The zero-order valence-electron chi connectivity index (χ0n) is 12.8. The first kappa shape index (κ1) is 14.7. The summed E-state index contributed by atoms with van der Waals surface area (Å²) in [7, 11) is 1.95. The maximum absolute atomic E-state index is 12.4. The molecule has 1 N–H and O–H groups in total. The molecule has 0 spiro atoms. The van der Waals surface area contributed by atoms with Crippen molar-refractivity contribution in [2.45, 2.75) is 18.9 Å². The van der Waals surface area contributed by atoms with Crippen LogP contribution in [0.5, 0.6) is 0 Å². The molecule has 2 heterocycles. The molecule has 1 atom stereocenters. The van der Waals surface area contributed by atoms with Gasteiger partial charge in [0.15, 0.2) is 0 Å². The van der Waals surface area contributed by atoms with Gasteiger partial charge in [0.05, 0.1) is 5.52 Å². The number of likely N-dealkylation sites (N-methyl/N-ethyl adjacent to an activating group) is 1. The average molecular weight is 295 g/mol. The molecule has 1 fully saturated rings. The molecule has 1 aromatic carbocycles. The summed E-state index contributed by atoms with van der Waals surface area (Å²) in [4.78, 5) is 18.7. The first-order valence-corrected chi connectivity index (χ1v) is 7.76. The number of carbonyl (C=O) groups is 1. The molecule has 3 rings (SSSR count). The van der Waals surface area contributed by atoms with Gasteiger partial charge in [-0.1, -0.05) is 24.3 Å². The second-order valence-electron chi connectivity index (χ2n) is 5.67. The molecular weight excluding hydrogens is 274 g/mol. The van der Waals surface area contributed by atoms with Crippen LogP contribution in [0, 0.1) is 0 Å². The topological polar surface area (TPSA) is 45.2 Å². The van der Waals surface area contributed by atoms with E-state index in [1.165, 1.54) is 0 Å². The SMILES string of the molecule is CNC1CCCN(C(=O)C=Cc2cccc3cccnc23)C1. The van der Waals surface area contributed by atoms with Gasteiger partial charge in [0.25, 0.3) is 0 Å². The van der Waals surface area contributed by atoms with Gasteiger partial charge in [0.1, 0.15) is 0 Å². The number of amides is 1. The standard InChI is InChI=1S/C18H21N3O/c1-19-16-8-4-12-21(13-16)17(22)10-9-15-6-2-5-14-7-3-11-20-18(14)15/h2-3,5-7,9-11,16,19H,4,8,12-13H2,1H3. The van der Waals surface area contributed by atoms with Gasteiger partial charge in [0.2, 0.25) is 5.91 Å². The number of nitrogens with zero attached hydrogens (tertiary/aromatic N) is 2. The lowest BCUT2D eigenvalue weighted by atomic mass is 10.1. The van der Waals surface area contributed by atoms with E-state index in [4.69, 9.17) is 0 Å². The Bertz CT molecular complexity index is 690. The first-order chi connectivity index (χ1) is 10.8. The number of fused-ring (bicyclic) bond motifs is 1. The minimum atomic E-state index is 0.0767. The summed E-state index contributed by atoms with van der Waals surface area (Å²) in [5, 5.41) is 4.35. The smallest absolute Gasteiger partial charge is 0.246 e. The lowest BCUT2D eigenvalue weighted by Crippen LogP contribution is -2.46. The van der Waals surface area contributed by atoms with E-state index < -0.39 is 0 Å². The number of rotatable bonds is 3. The second kappa shape index (κ2) is 6.71. The summed E-state index contributed by atoms with van der Waals surface area (Å²) in [6, 6.07) is 10.4. The van der Waals surface area contributed by atoms with E-state index in [2.05, 4.69) is 10.3 Å². The molecule has 22 heavy (non-hydrogen) atoms. The Morgan fingerprint density at radius 1 is 1.36 bits per heavy atom. The minimum Gasteiger partial charge on any atom is -0.338 e. The van der Waals surface area contributed by atoms with Crippen LogP contribution >= 0.6 is 0 Å². The third-order valence-corrected chi connectivity index (χ3v) is 4.21. The first-order valence-electron chi connectivity index (χ1n) is 7.76. The Kier molecular flexibility index (Phi) is 4.49. The molecule has 114 valence electrons. The van der Waals surface area contributed by atoms with Crippen molar-refractivity contribution < 1.29 is 4.79 Å². The lowest BCUT2D eigenvalue weighted by Gasteiger charge is -2.31. The Labute approximate surface area is 130 Å². The number of hydrogen-bond donors (Lipinski definition) is 1. The fourth-order valence-electron chi connectivity index (χ4n) is 2.94. The fourth-order valence-corrected chi connectivity index (χ4v) is 2.94. The van der Waals surface area contributed by atoms with Crippen molar-refractivity contribution in [2.75, 3.05) is 20.1 Å². The van der Waals surface area contributed by atoms with Crippen LogP contribution < -0.4 is 5.32 Å². The molecule has 1 aliphatic rings. The zero-order chi connectivity index (χ0) is 15.4. The van der Waals surface area contributed by atoms with Crippen LogP contribution in [0.3, 0.4) is 0 Å². The van der Waals surface area contributed by atoms with E-state index in [0.717, 1.165) is 42.4 Å². The van der Waals surface area contributed by atoms with Crippen molar-refractivity contribution in [2.24, 2.45) is 0 Å². The van der Waals surface area contributed by atoms with E-state index in [0.29, 0.717) is 6.04 Å². The van der Waals surface area contributed by atoms with Crippen LogP contribution in [0.4, 0.5) is 0 Å². The van der Waals surface area contributed by atoms with Gasteiger partial charge < -0.3 is 10.2 Å². The van der Waals surface area contributed by atoms with E-state index in [1.54, 1.807) is 12.3 Å². The third-order valence-electron chi connectivity index (χ3n) is 4.21. The summed E-state index contributed by atoms with van der Waals surface area (Å²) < 4.78 is 0. The highest BCUT2D eigenvalue weighted by molar-refractivity contribution is 5.95. The highest BCUT2D eigenvalue weighted by Crippen LogP contribution is 2.17. The van der Waals surface area contributed by atoms with Crippen LogP contribution in [0.2, 0.25) is 0 Å². The third kappa shape index (κ3) is 3.17. The predicted octanol–water partition coefficient (Wildman–Crippen LogP) is 2.46. The van der Waals surface area contributed by atoms with Gasteiger partial charge in [-0.15, -0.1) is 0 Å². The Hall–Kier alpha value is -2.20. The number of hydrogen-bond acceptors (Lipinski definition) is 3. The van der Waals surface area contributed by atoms with Gasteiger partial charge in [-0.05, 0) is 32.0 Å². The van der Waals surface area contributed by atoms with Crippen LogP contribution in [0.15, 0.2) is 42.6 Å². The molecule has 0 radical (unpaired) electrons. The monoisotopic (exact) mass is 295 g/mol. The van der Waals surface area contributed by atoms with E-state index in [9.17, 15) is 4.79 Å². The fraction of sp³-hybridized carbons (Fsp3) is 0.333. The van der Waals surface area contributed by atoms with Crippen molar-refractivity contribution in [1.29, 1.82) is 0 Å².